The van der Waals surface area contributed by atoms with Crippen LogP contribution in [0, 0.1) is 18.2 Å². The van der Waals surface area contributed by atoms with Crippen LogP contribution in [0.25, 0.3) is 0 Å². The summed E-state index contributed by atoms with van der Waals surface area (Å²) in [7, 11) is 0. The van der Waals surface area contributed by atoms with Gasteiger partial charge in [0.1, 0.15) is 5.82 Å². The Labute approximate surface area is 83.6 Å². The number of nitrogens with zero attached hydrogens (tertiary/aromatic N) is 1. The van der Waals surface area contributed by atoms with Gasteiger partial charge in [0.2, 0.25) is 0 Å². The Kier molecular flexibility index (Phi) is 3.61. The van der Waals surface area contributed by atoms with E-state index < -0.39 is 0 Å². The van der Waals surface area contributed by atoms with Gasteiger partial charge in [-0.15, -0.1) is 6.42 Å². The lowest BCUT2D eigenvalue weighted by Gasteiger charge is -2.15. The van der Waals surface area contributed by atoms with Crippen LogP contribution in [0.15, 0.2) is 18.5 Å². The molecule has 0 aromatic carbocycles. The van der Waals surface area contributed by atoms with Crippen molar-refractivity contribution in [3.63, 3.8) is 0 Å². The molecule has 0 saturated heterocycles. The number of hydrogen-bond acceptors (Lipinski definition) is 2. The molecule has 3 heteroatoms. The fraction of sp³-hybridized carbons (Fsp3) is 0.364. The lowest BCUT2D eigenvalue weighted by atomic mass is 10.1. The Balaban J connectivity index is 2.70. The van der Waals surface area contributed by atoms with E-state index in [-0.39, 0.29) is 17.9 Å². The Hall–Kier alpha value is -1.40. The molecule has 1 heterocycles. The van der Waals surface area contributed by atoms with E-state index in [9.17, 15) is 4.39 Å². The first-order valence-corrected chi connectivity index (χ1v) is 4.46. The van der Waals surface area contributed by atoms with E-state index in [4.69, 9.17) is 6.42 Å². The van der Waals surface area contributed by atoms with Crippen molar-refractivity contribution in [3.05, 3.63) is 29.8 Å². The molecule has 2 atom stereocenters. The first-order chi connectivity index (χ1) is 6.63. The number of aromatic nitrogens is 1. The largest absolute Gasteiger partial charge is 0.297 e. The number of rotatable bonds is 3. The number of halogens is 1. The molecular weight excluding hydrogens is 179 g/mol. The standard InChI is InChI=1S/C11H13FN2/c1-4-8(2)14-9(3)10-5-11(12)7-13-6-10/h1,5-9,14H,2-3H3. The summed E-state index contributed by atoms with van der Waals surface area (Å²) in [5, 5.41) is 3.13. The van der Waals surface area contributed by atoms with E-state index >= 15 is 0 Å². The summed E-state index contributed by atoms with van der Waals surface area (Å²) < 4.78 is 12.8. The molecule has 0 aliphatic carbocycles. The second-order valence-electron chi connectivity index (χ2n) is 3.21. The van der Waals surface area contributed by atoms with Crippen LogP contribution in [0.5, 0.6) is 0 Å². The minimum atomic E-state index is -0.329. The van der Waals surface area contributed by atoms with Crippen molar-refractivity contribution in [2.24, 2.45) is 0 Å². The molecule has 0 aliphatic heterocycles. The predicted octanol–water partition coefficient (Wildman–Crippen LogP) is 1.89. The van der Waals surface area contributed by atoms with Crippen molar-refractivity contribution in [1.82, 2.24) is 10.3 Å². The molecule has 14 heavy (non-hydrogen) atoms. The zero-order valence-electron chi connectivity index (χ0n) is 8.29. The van der Waals surface area contributed by atoms with Crippen molar-refractivity contribution < 1.29 is 4.39 Å². The zero-order chi connectivity index (χ0) is 10.6. The van der Waals surface area contributed by atoms with Gasteiger partial charge in [-0.2, -0.15) is 0 Å². The summed E-state index contributed by atoms with van der Waals surface area (Å²) in [6, 6.07) is 1.42. The van der Waals surface area contributed by atoms with Gasteiger partial charge in [0.15, 0.2) is 0 Å². The molecule has 0 aliphatic rings. The Morgan fingerprint density at radius 3 is 2.79 bits per heavy atom. The van der Waals surface area contributed by atoms with Gasteiger partial charge in [-0.25, -0.2) is 4.39 Å². The lowest BCUT2D eigenvalue weighted by Crippen LogP contribution is -2.27. The summed E-state index contributed by atoms with van der Waals surface area (Å²) in [4.78, 5) is 3.77. The van der Waals surface area contributed by atoms with Gasteiger partial charge in [0.05, 0.1) is 12.2 Å². The third-order valence-corrected chi connectivity index (χ3v) is 1.98. The summed E-state index contributed by atoms with van der Waals surface area (Å²) in [6.45, 7) is 3.80. The van der Waals surface area contributed by atoms with Crippen LogP contribution in [0.2, 0.25) is 0 Å². The normalized spacial score (nSPS) is 14.4. The van der Waals surface area contributed by atoms with Crippen LogP contribution in [-0.2, 0) is 0 Å². The summed E-state index contributed by atoms with van der Waals surface area (Å²) >= 11 is 0. The highest BCUT2D eigenvalue weighted by Crippen LogP contribution is 2.12. The fourth-order valence-electron chi connectivity index (χ4n) is 1.18. The minimum Gasteiger partial charge on any atom is -0.297 e. The van der Waals surface area contributed by atoms with E-state index in [0.29, 0.717) is 0 Å². The molecule has 0 saturated carbocycles. The number of nitrogens with one attached hydrogen (secondary N) is 1. The molecule has 0 fully saturated rings. The maximum atomic E-state index is 12.8. The highest BCUT2D eigenvalue weighted by atomic mass is 19.1. The van der Waals surface area contributed by atoms with Crippen molar-refractivity contribution in [2.45, 2.75) is 25.9 Å². The molecule has 0 radical (unpaired) electrons. The highest BCUT2D eigenvalue weighted by molar-refractivity contribution is 5.15. The molecule has 74 valence electrons. The van der Waals surface area contributed by atoms with Gasteiger partial charge in [-0.1, -0.05) is 5.92 Å². The highest BCUT2D eigenvalue weighted by Gasteiger charge is 2.08. The van der Waals surface area contributed by atoms with E-state index in [0.717, 1.165) is 5.56 Å². The zero-order valence-corrected chi connectivity index (χ0v) is 8.29. The number of pyridine rings is 1. The van der Waals surface area contributed by atoms with Gasteiger partial charge in [0.25, 0.3) is 0 Å². The number of hydrogen-bond donors (Lipinski definition) is 1. The summed E-state index contributed by atoms with van der Waals surface area (Å²) in [5.41, 5.74) is 0.798. The molecule has 1 aromatic rings. The third-order valence-electron chi connectivity index (χ3n) is 1.98. The Bertz CT molecular complexity index is 343. The van der Waals surface area contributed by atoms with Gasteiger partial charge in [-0.3, -0.25) is 10.3 Å². The van der Waals surface area contributed by atoms with Crippen LogP contribution >= 0.6 is 0 Å². The summed E-state index contributed by atoms with van der Waals surface area (Å²) in [6.07, 6.45) is 8.04. The second kappa shape index (κ2) is 4.73. The third kappa shape index (κ3) is 2.82. The predicted molar refractivity (Wildman–Crippen MR) is 54.0 cm³/mol. The van der Waals surface area contributed by atoms with Crippen molar-refractivity contribution in [2.75, 3.05) is 0 Å². The maximum absolute atomic E-state index is 12.8. The SMILES string of the molecule is C#CC(C)NC(C)c1cncc(F)c1. The van der Waals surface area contributed by atoms with E-state index in [1.807, 2.05) is 13.8 Å². The lowest BCUT2D eigenvalue weighted by molar-refractivity contribution is 0.537. The second-order valence-corrected chi connectivity index (χ2v) is 3.21. The summed E-state index contributed by atoms with van der Waals surface area (Å²) in [5.74, 6) is 2.23. The van der Waals surface area contributed by atoms with Crippen LogP contribution in [0.4, 0.5) is 4.39 Å². The maximum Gasteiger partial charge on any atom is 0.141 e. The monoisotopic (exact) mass is 192 g/mol. The Morgan fingerprint density at radius 1 is 1.50 bits per heavy atom. The van der Waals surface area contributed by atoms with Gasteiger partial charge in [0, 0.05) is 12.2 Å². The quantitative estimate of drug-likeness (QED) is 0.740. The van der Waals surface area contributed by atoms with E-state index in [2.05, 4.69) is 16.2 Å². The van der Waals surface area contributed by atoms with Gasteiger partial charge >= 0.3 is 0 Å². The van der Waals surface area contributed by atoms with E-state index in [1.54, 1.807) is 6.20 Å². The average Bonchev–Trinajstić information content (AvgIpc) is 2.17. The molecule has 1 rings (SSSR count). The molecule has 0 bridgehead atoms. The number of terminal acetylenes is 1. The molecule has 0 spiro atoms. The molecular formula is C11H13FN2. The fourth-order valence-corrected chi connectivity index (χ4v) is 1.18. The van der Waals surface area contributed by atoms with Crippen LogP contribution < -0.4 is 5.32 Å². The first-order valence-electron chi connectivity index (χ1n) is 4.46. The van der Waals surface area contributed by atoms with Gasteiger partial charge < -0.3 is 0 Å². The van der Waals surface area contributed by atoms with Crippen molar-refractivity contribution in [1.29, 1.82) is 0 Å². The minimum absolute atomic E-state index is 0.00394. The van der Waals surface area contributed by atoms with Crippen molar-refractivity contribution in [3.8, 4) is 12.3 Å². The Morgan fingerprint density at radius 2 is 2.21 bits per heavy atom. The molecule has 1 aromatic heterocycles. The molecule has 2 nitrogen and oxygen atoms in total. The first kappa shape index (κ1) is 10.7. The van der Waals surface area contributed by atoms with E-state index in [1.165, 1.54) is 12.3 Å². The topological polar surface area (TPSA) is 24.9 Å². The van der Waals surface area contributed by atoms with Gasteiger partial charge in [-0.05, 0) is 25.5 Å². The molecule has 1 N–H and O–H groups in total. The molecule has 0 amide bonds. The van der Waals surface area contributed by atoms with Crippen LogP contribution in [0.1, 0.15) is 25.5 Å². The smallest absolute Gasteiger partial charge is 0.141 e. The van der Waals surface area contributed by atoms with Crippen LogP contribution in [0.3, 0.4) is 0 Å². The molecule has 2 unspecified atom stereocenters. The average molecular weight is 192 g/mol. The van der Waals surface area contributed by atoms with Crippen molar-refractivity contribution >= 4 is 0 Å². The van der Waals surface area contributed by atoms with Crippen LogP contribution in [-0.4, -0.2) is 11.0 Å².